The topological polar surface area (TPSA) is 70.8 Å². The fourth-order valence-electron chi connectivity index (χ4n) is 1.62. The maximum atomic E-state index is 13.1. The fourth-order valence-corrected chi connectivity index (χ4v) is 2.06. The monoisotopic (exact) mass is 322 g/mol. The number of hydrogen-bond donors (Lipinski definition) is 0. The zero-order valence-electron chi connectivity index (χ0n) is 9.62. The van der Waals surface area contributed by atoms with Gasteiger partial charge in [-0.3, -0.25) is 4.79 Å². The molecule has 96 valence electrons. The first-order valence-electron chi connectivity index (χ1n) is 5.30. The summed E-state index contributed by atoms with van der Waals surface area (Å²) >= 11 is 3.09. The predicted octanol–water partition coefficient (Wildman–Crippen LogP) is 3.74. The summed E-state index contributed by atoms with van der Waals surface area (Å²) in [4.78, 5) is 14.6. The molecule has 0 radical (unpaired) electrons. The van der Waals surface area contributed by atoms with Crippen LogP contribution in [0.3, 0.4) is 0 Å². The van der Waals surface area contributed by atoms with Gasteiger partial charge in [0.2, 0.25) is 0 Å². The van der Waals surface area contributed by atoms with Gasteiger partial charge in [0.15, 0.2) is 0 Å². The van der Waals surface area contributed by atoms with E-state index in [1.165, 1.54) is 29.0 Å². The molecule has 0 fully saturated rings. The molecule has 0 saturated carbocycles. The fraction of sp³-hybridized carbons (Fsp3) is 0.0833. The van der Waals surface area contributed by atoms with Crippen molar-refractivity contribution in [2.45, 2.75) is 6.54 Å². The number of benzene rings is 1. The van der Waals surface area contributed by atoms with E-state index in [4.69, 9.17) is 5.53 Å². The van der Waals surface area contributed by atoms with Crippen LogP contribution < -0.4 is 5.56 Å². The molecule has 0 atom stereocenters. The van der Waals surface area contributed by atoms with Crippen molar-refractivity contribution in [2.75, 3.05) is 0 Å². The van der Waals surface area contributed by atoms with Crippen molar-refractivity contribution < 1.29 is 4.39 Å². The lowest BCUT2D eigenvalue weighted by atomic mass is 10.2. The Balaban J connectivity index is 2.39. The number of aromatic nitrogens is 1. The molecule has 1 aromatic heterocycles. The predicted molar refractivity (Wildman–Crippen MR) is 72.7 cm³/mol. The maximum absolute atomic E-state index is 13.1. The average molecular weight is 323 g/mol. The lowest BCUT2D eigenvalue weighted by molar-refractivity contribution is 0.622. The third kappa shape index (κ3) is 3.01. The number of rotatable bonds is 3. The third-order valence-corrected chi connectivity index (χ3v) is 3.23. The summed E-state index contributed by atoms with van der Waals surface area (Å²) in [7, 11) is 0. The van der Waals surface area contributed by atoms with Gasteiger partial charge in [-0.25, -0.2) is 4.39 Å². The molecular formula is C12H8BrFN4O. The van der Waals surface area contributed by atoms with E-state index in [1.54, 1.807) is 12.1 Å². The third-order valence-electron chi connectivity index (χ3n) is 2.48. The Morgan fingerprint density at radius 3 is 2.89 bits per heavy atom. The van der Waals surface area contributed by atoms with Gasteiger partial charge in [-0.1, -0.05) is 17.2 Å². The van der Waals surface area contributed by atoms with E-state index >= 15 is 0 Å². The average Bonchev–Trinajstić information content (AvgIpc) is 2.39. The maximum Gasteiger partial charge on any atom is 0.265 e. The van der Waals surface area contributed by atoms with Crippen molar-refractivity contribution >= 4 is 21.6 Å². The van der Waals surface area contributed by atoms with Crippen molar-refractivity contribution in [1.82, 2.24) is 4.57 Å². The first kappa shape index (κ1) is 13.3. The van der Waals surface area contributed by atoms with Gasteiger partial charge < -0.3 is 4.57 Å². The van der Waals surface area contributed by atoms with Gasteiger partial charge in [0.1, 0.15) is 5.82 Å². The standard InChI is InChI=1S/C12H8BrFN4O/c13-11-10(16-17-15)4-5-18(12(11)19)7-8-2-1-3-9(14)6-8/h1-6H,7H2. The van der Waals surface area contributed by atoms with Crippen molar-refractivity contribution in [1.29, 1.82) is 0 Å². The number of nitrogens with zero attached hydrogens (tertiary/aromatic N) is 4. The zero-order valence-corrected chi connectivity index (χ0v) is 11.2. The summed E-state index contributed by atoms with van der Waals surface area (Å²) in [6.07, 6.45) is 1.50. The van der Waals surface area contributed by atoms with Crippen LogP contribution in [0.25, 0.3) is 10.4 Å². The molecule has 19 heavy (non-hydrogen) atoms. The Morgan fingerprint density at radius 1 is 1.42 bits per heavy atom. The van der Waals surface area contributed by atoms with Crippen molar-refractivity contribution in [3.05, 3.63) is 73.2 Å². The summed E-state index contributed by atoms with van der Waals surface area (Å²) in [5.74, 6) is -0.352. The smallest absolute Gasteiger partial charge is 0.265 e. The SMILES string of the molecule is [N-]=[N+]=Nc1ccn(Cc2cccc(F)c2)c(=O)c1Br. The lowest BCUT2D eigenvalue weighted by Crippen LogP contribution is -2.20. The molecule has 2 rings (SSSR count). The summed E-state index contributed by atoms with van der Waals surface area (Å²) < 4.78 is 14.6. The highest BCUT2D eigenvalue weighted by molar-refractivity contribution is 9.10. The molecule has 0 amide bonds. The van der Waals surface area contributed by atoms with E-state index in [1.807, 2.05) is 0 Å². The highest BCUT2D eigenvalue weighted by atomic mass is 79.9. The number of halogens is 2. The van der Waals surface area contributed by atoms with Crippen LogP contribution in [-0.2, 0) is 6.54 Å². The van der Waals surface area contributed by atoms with Gasteiger partial charge in [0.05, 0.1) is 16.7 Å². The van der Waals surface area contributed by atoms with Crippen LogP contribution in [0.4, 0.5) is 10.1 Å². The molecule has 0 saturated heterocycles. The first-order chi connectivity index (χ1) is 9.11. The van der Waals surface area contributed by atoms with E-state index in [2.05, 4.69) is 26.0 Å². The number of hydrogen-bond acceptors (Lipinski definition) is 2. The van der Waals surface area contributed by atoms with Crippen LogP contribution in [0.1, 0.15) is 5.56 Å². The minimum Gasteiger partial charge on any atom is -0.310 e. The molecule has 0 N–H and O–H groups in total. The second kappa shape index (κ2) is 5.69. The van der Waals surface area contributed by atoms with Gasteiger partial charge in [0, 0.05) is 11.1 Å². The highest BCUT2D eigenvalue weighted by Crippen LogP contribution is 2.21. The zero-order chi connectivity index (χ0) is 13.8. The minimum absolute atomic E-state index is 0.184. The van der Waals surface area contributed by atoms with Crippen LogP contribution in [-0.4, -0.2) is 4.57 Å². The Morgan fingerprint density at radius 2 is 2.21 bits per heavy atom. The van der Waals surface area contributed by atoms with E-state index in [0.29, 0.717) is 5.56 Å². The molecule has 1 aromatic carbocycles. The summed E-state index contributed by atoms with van der Waals surface area (Å²) in [5, 5.41) is 3.39. The van der Waals surface area contributed by atoms with E-state index in [0.717, 1.165) is 0 Å². The van der Waals surface area contributed by atoms with Gasteiger partial charge in [-0.05, 0) is 45.2 Å². The highest BCUT2D eigenvalue weighted by Gasteiger charge is 2.06. The van der Waals surface area contributed by atoms with Gasteiger partial charge >= 0.3 is 0 Å². The summed E-state index contributed by atoms with van der Waals surface area (Å²) in [5.41, 5.74) is 8.92. The van der Waals surface area contributed by atoms with Crippen LogP contribution in [0.2, 0.25) is 0 Å². The Kier molecular flexibility index (Phi) is 3.99. The van der Waals surface area contributed by atoms with Gasteiger partial charge in [-0.2, -0.15) is 0 Å². The Hall–Kier alpha value is -2.11. The van der Waals surface area contributed by atoms with Gasteiger partial charge in [-0.15, -0.1) is 0 Å². The molecule has 5 nitrogen and oxygen atoms in total. The molecule has 0 bridgehead atoms. The van der Waals surface area contributed by atoms with E-state index in [9.17, 15) is 9.18 Å². The molecule has 0 aliphatic carbocycles. The summed E-state index contributed by atoms with van der Waals surface area (Å²) in [6, 6.07) is 7.53. The molecule has 0 aliphatic heterocycles. The molecule has 2 aromatic rings. The van der Waals surface area contributed by atoms with Crippen LogP contribution >= 0.6 is 15.9 Å². The quantitative estimate of drug-likeness (QED) is 0.482. The Bertz CT molecular complexity index is 722. The minimum atomic E-state index is -0.352. The van der Waals surface area contributed by atoms with Crippen molar-refractivity contribution in [3.63, 3.8) is 0 Å². The van der Waals surface area contributed by atoms with E-state index in [-0.39, 0.29) is 28.1 Å². The molecule has 0 unspecified atom stereocenters. The van der Waals surface area contributed by atoms with Crippen molar-refractivity contribution in [3.8, 4) is 0 Å². The Labute approximate surface area is 116 Å². The van der Waals surface area contributed by atoms with Crippen LogP contribution in [0.15, 0.2) is 50.9 Å². The van der Waals surface area contributed by atoms with Crippen molar-refractivity contribution in [2.24, 2.45) is 5.11 Å². The van der Waals surface area contributed by atoms with E-state index < -0.39 is 0 Å². The second-order valence-electron chi connectivity index (χ2n) is 3.77. The normalized spacial score (nSPS) is 10.0. The second-order valence-corrected chi connectivity index (χ2v) is 4.56. The lowest BCUT2D eigenvalue weighted by Gasteiger charge is -2.07. The first-order valence-corrected chi connectivity index (χ1v) is 6.09. The molecular weight excluding hydrogens is 315 g/mol. The van der Waals surface area contributed by atoms with Gasteiger partial charge in [0.25, 0.3) is 5.56 Å². The number of pyridine rings is 1. The molecule has 0 spiro atoms. The largest absolute Gasteiger partial charge is 0.310 e. The summed E-state index contributed by atoms with van der Waals surface area (Å²) in [6.45, 7) is 0.242. The van der Waals surface area contributed by atoms with Crippen LogP contribution in [0, 0.1) is 5.82 Å². The molecule has 7 heteroatoms. The molecule has 0 aliphatic rings. The van der Waals surface area contributed by atoms with Crippen LogP contribution in [0.5, 0.6) is 0 Å². The molecule has 1 heterocycles. The number of azide groups is 1.